The first-order chi connectivity index (χ1) is 13.8. The second-order valence-corrected chi connectivity index (χ2v) is 10.8. The summed E-state index contributed by atoms with van der Waals surface area (Å²) >= 11 is 2.05. The lowest BCUT2D eigenvalue weighted by molar-refractivity contribution is -0.119. The number of carbonyl (C=O) groups is 1. The average Bonchev–Trinajstić information content (AvgIpc) is 3.18. The highest BCUT2D eigenvalue weighted by molar-refractivity contribution is 8.00. The predicted molar refractivity (Wildman–Crippen MR) is 122 cm³/mol. The quantitative estimate of drug-likeness (QED) is 0.554. The summed E-state index contributed by atoms with van der Waals surface area (Å²) in [6.45, 7) is 11.5. The Balaban J connectivity index is 1.76. The Bertz CT molecular complexity index is 609. The molecule has 4 unspecified atom stereocenters. The molecule has 0 bridgehead atoms. The van der Waals surface area contributed by atoms with Crippen molar-refractivity contribution in [1.29, 1.82) is 0 Å². The van der Waals surface area contributed by atoms with Gasteiger partial charge in [-0.1, -0.05) is 34.6 Å². The molecular formula is C23H41N3O2S. The second-order valence-electron chi connectivity index (χ2n) is 9.66. The first-order valence-corrected chi connectivity index (χ1v) is 12.7. The Hall–Kier alpha value is -0.720. The number of rotatable bonds is 8. The van der Waals surface area contributed by atoms with E-state index in [0.717, 1.165) is 25.7 Å². The van der Waals surface area contributed by atoms with Crippen LogP contribution in [0, 0.1) is 17.8 Å². The largest absolute Gasteiger partial charge is 0.383 e. The lowest BCUT2D eigenvalue weighted by atomic mass is 9.75. The Kier molecular flexibility index (Phi) is 7.96. The summed E-state index contributed by atoms with van der Waals surface area (Å²) in [4.78, 5) is 11.3. The molecule has 1 aliphatic carbocycles. The van der Waals surface area contributed by atoms with Gasteiger partial charge < -0.3 is 15.8 Å². The van der Waals surface area contributed by atoms with Crippen LogP contribution in [0.4, 0.5) is 0 Å². The summed E-state index contributed by atoms with van der Waals surface area (Å²) in [6, 6.07) is 0.970. The van der Waals surface area contributed by atoms with Gasteiger partial charge in [-0.05, 0) is 55.4 Å². The number of nitrogens with one attached hydrogen (secondary N) is 2. The number of nitrogens with two attached hydrogens (primary N) is 1. The number of carbonyl (C=O) groups excluding carboxylic acids is 1. The number of allylic oxidation sites excluding steroid dienone is 1. The van der Waals surface area contributed by atoms with Crippen LogP contribution in [0.2, 0.25) is 0 Å². The highest BCUT2D eigenvalue weighted by Crippen LogP contribution is 2.41. The molecule has 5 nitrogen and oxygen atoms in total. The maximum atomic E-state index is 11.3. The second kappa shape index (κ2) is 10.1. The number of primary amides is 1. The normalized spacial score (nSPS) is 36.1. The molecule has 3 aliphatic rings. The van der Waals surface area contributed by atoms with Gasteiger partial charge in [0.2, 0.25) is 5.91 Å². The monoisotopic (exact) mass is 423 g/mol. The van der Waals surface area contributed by atoms with Gasteiger partial charge in [-0.25, -0.2) is 0 Å². The van der Waals surface area contributed by atoms with Gasteiger partial charge in [0.05, 0.1) is 23.6 Å². The first-order valence-electron chi connectivity index (χ1n) is 11.6. The summed E-state index contributed by atoms with van der Waals surface area (Å²) in [5, 5.41) is 8.25. The zero-order valence-corrected chi connectivity index (χ0v) is 19.7. The van der Waals surface area contributed by atoms with Crippen LogP contribution >= 0.6 is 11.8 Å². The highest BCUT2D eigenvalue weighted by Gasteiger charge is 2.41. The van der Waals surface area contributed by atoms with Crippen molar-refractivity contribution in [3.63, 3.8) is 0 Å². The number of amides is 1. The third kappa shape index (κ3) is 5.50. The molecule has 166 valence electrons. The van der Waals surface area contributed by atoms with Crippen LogP contribution in [0.15, 0.2) is 11.3 Å². The van der Waals surface area contributed by atoms with Gasteiger partial charge in [0, 0.05) is 23.9 Å². The van der Waals surface area contributed by atoms with E-state index in [4.69, 9.17) is 10.5 Å². The molecule has 1 amide bonds. The molecule has 3 rings (SSSR count). The molecule has 2 aliphatic heterocycles. The summed E-state index contributed by atoms with van der Waals surface area (Å²) in [5.74, 6) is 2.85. The van der Waals surface area contributed by atoms with Gasteiger partial charge in [0.1, 0.15) is 0 Å². The minimum Gasteiger partial charge on any atom is -0.383 e. The Morgan fingerprint density at radius 1 is 1.34 bits per heavy atom. The van der Waals surface area contributed by atoms with Gasteiger partial charge >= 0.3 is 0 Å². The third-order valence-electron chi connectivity index (χ3n) is 7.25. The molecule has 29 heavy (non-hydrogen) atoms. The Morgan fingerprint density at radius 2 is 2.10 bits per heavy atom. The van der Waals surface area contributed by atoms with E-state index in [0.29, 0.717) is 41.6 Å². The Morgan fingerprint density at radius 3 is 2.72 bits per heavy atom. The Labute approximate surface area is 181 Å². The molecule has 0 spiro atoms. The van der Waals surface area contributed by atoms with Gasteiger partial charge in [-0.15, -0.1) is 11.8 Å². The predicted octanol–water partition coefficient (Wildman–Crippen LogP) is 3.78. The van der Waals surface area contributed by atoms with E-state index < -0.39 is 0 Å². The van der Waals surface area contributed by atoms with Gasteiger partial charge in [-0.2, -0.15) is 0 Å². The summed E-state index contributed by atoms with van der Waals surface area (Å²) in [5.41, 5.74) is 8.30. The number of thioether (sulfide) groups is 1. The van der Waals surface area contributed by atoms with Crippen molar-refractivity contribution >= 4 is 17.7 Å². The smallest absolute Gasteiger partial charge is 0.217 e. The van der Waals surface area contributed by atoms with E-state index in [1.54, 1.807) is 0 Å². The number of hydrogen-bond acceptors (Lipinski definition) is 5. The fraction of sp³-hybridized carbons (Fsp3) is 0.870. The van der Waals surface area contributed by atoms with E-state index in [2.05, 4.69) is 57.0 Å². The molecule has 7 atom stereocenters. The fourth-order valence-electron chi connectivity index (χ4n) is 4.91. The zero-order chi connectivity index (χ0) is 21.1. The maximum absolute atomic E-state index is 11.3. The molecule has 2 heterocycles. The summed E-state index contributed by atoms with van der Waals surface area (Å²) in [7, 11) is 0. The van der Waals surface area contributed by atoms with E-state index in [1.807, 2.05) is 0 Å². The molecule has 0 aromatic heterocycles. The zero-order valence-electron chi connectivity index (χ0n) is 18.9. The van der Waals surface area contributed by atoms with Crippen LogP contribution in [0.5, 0.6) is 0 Å². The van der Waals surface area contributed by atoms with Crippen molar-refractivity contribution in [2.75, 3.05) is 5.75 Å². The number of ether oxygens (including phenoxy) is 1. The van der Waals surface area contributed by atoms with E-state index in [1.165, 1.54) is 23.4 Å². The lowest BCUT2D eigenvalue weighted by Crippen LogP contribution is -2.53. The van der Waals surface area contributed by atoms with Crippen LogP contribution in [0.25, 0.3) is 0 Å². The molecular weight excluding hydrogens is 382 g/mol. The molecule has 0 aromatic carbocycles. The topological polar surface area (TPSA) is 76.4 Å². The standard InChI is InChI=1S/C23H41N3O2S/c1-6-16(8-10-21(24)27)28-20-11-18(23-26-19(12-29-23)13(2)3)25-22-15(5)14(4)7-9-17(20)22/h13-16,18-20,23,25-26H,6-12H2,1-5H3,(H2,24,27)/t14-,15?,16-,18?,19-,20?,23?/m0/s1. The molecule has 0 radical (unpaired) electrons. The molecule has 6 heteroatoms. The van der Waals surface area contributed by atoms with Crippen LogP contribution in [0.3, 0.4) is 0 Å². The van der Waals surface area contributed by atoms with Crippen LogP contribution in [0.1, 0.15) is 73.1 Å². The van der Waals surface area contributed by atoms with Crippen LogP contribution in [-0.4, -0.2) is 41.3 Å². The minimum absolute atomic E-state index is 0.0993. The van der Waals surface area contributed by atoms with E-state index >= 15 is 0 Å². The number of hydrogen-bond donors (Lipinski definition) is 3. The van der Waals surface area contributed by atoms with Crippen molar-refractivity contribution in [3.05, 3.63) is 11.3 Å². The van der Waals surface area contributed by atoms with Crippen molar-refractivity contribution in [1.82, 2.24) is 10.6 Å². The molecule has 0 aromatic rings. The SMILES string of the molecule is CC[C@@H](CCC(N)=O)OC1CC(C2N[C@H](C(C)C)CS2)NC2=C1CC[C@H](C)C2C. The fourth-order valence-corrected chi connectivity index (χ4v) is 6.49. The molecule has 4 N–H and O–H groups in total. The van der Waals surface area contributed by atoms with Crippen molar-refractivity contribution < 1.29 is 9.53 Å². The van der Waals surface area contributed by atoms with Gasteiger partial charge in [0.15, 0.2) is 0 Å². The minimum atomic E-state index is -0.235. The molecule has 1 saturated heterocycles. The highest BCUT2D eigenvalue weighted by atomic mass is 32.2. The van der Waals surface area contributed by atoms with E-state index in [-0.39, 0.29) is 18.1 Å². The summed E-state index contributed by atoms with van der Waals surface area (Å²) < 4.78 is 6.67. The van der Waals surface area contributed by atoms with Crippen molar-refractivity contribution in [2.24, 2.45) is 23.5 Å². The van der Waals surface area contributed by atoms with Crippen molar-refractivity contribution in [2.45, 2.75) is 103 Å². The van der Waals surface area contributed by atoms with Crippen LogP contribution in [-0.2, 0) is 9.53 Å². The molecule has 0 saturated carbocycles. The van der Waals surface area contributed by atoms with Crippen molar-refractivity contribution in [3.8, 4) is 0 Å². The summed E-state index contributed by atoms with van der Waals surface area (Å²) in [6.07, 6.45) is 5.66. The maximum Gasteiger partial charge on any atom is 0.217 e. The first kappa shape index (κ1) is 23.0. The van der Waals surface area contributed by atoms with Gasteiger partial charge in [-0.3, -0.25) is 10.1 Å². The van der Waals surface area contributed by atoms with Crippen LogP contribution < -0.4 is 16.4 Å². The van der Waals surface area contributed by atoms with Gasteiger partial charge in [0.25, 0.3) is 0 Å². The third-order valence-corrected chi connectivity index (χ3v) is 8.63. The lowest BCUT2D eigenvalue weighted by Gasteiger charge is -2.44. The van der Waals surface area contributed by atoms with E-state index in [9.17, 15) is 4.79 Å². The average molecular weight is 424 g/mol. The molecule has 1 fully saturated rings.